The standard InChI is InChI=1S/C12H15N3O3S/c1-3-8(2)13-12(19)14-11(16)9-5-4-6-10(7-9)15(17)18/h4-8H,3H2,1-2H3,(H2,13,14,16,19). The van der Waals surface area contributed by atoms with Gasteiger partial charge in [-0.1, -0.05) is 13.0 Å². The van der Waals surface area contributed by atoms with Gasteiger partial charge in [0.25, 0.3) is 11.6 Å². The van der Waals surface area contributed by atoms with Crippen LogP contribution in [-0.2, 0) is 0 Å². The second-order valence-corrected chi connectivity index (χ2v) is 4.45. The van der Waals surface area contributed by atoms with Crippen LogP contribution in [0.1, 0.15) is 30.6 Å². The average Bonchev–Trinajstić information content (AvgIpc) is 2.38. The summed E-state index contributed by atoms with van der Waals surface area (Å²) in [5, 5.41) is 16.3. The van der Waals surface area contributed by atoms with Gasteiger partial charge in [-0.25, -0.2) is 0 Å². The van der Waals surface area contributed by atoms with E-state index >= 15 is 0 Å². The quantitative estimate of drug-likeness (QED) is 0.501. The minimum absolute atomic E-state index is 0.131. The first-order valence-electron chi connectivity index (χ1n) is 5.80. The molecule has 0 bridgehead atoms. The van der Waals surface area contributed by atoms with E-state index in [1.165, 1.54) is 24.3 Å². The highest BCUT2D eigenvalue weighted by Crippen LogP contribution is 2.12. The van der Waals surface area contributed by atoms with Gasteiger partial charge in [-0.05, 0) is 31.6 Å². The number of amides is 1. The molecular weight excluding hydrogens is 266 g/mol. The summed E-state index contributed by atoms with van der Waals surface area (Å²) in [5.74, 6) is -0.468. The lowest BCUT2D eigenvalue weighted by Gasteiger charge is -2.14. The molecule has 19 heavy (non-hydrogen) atoms. The summed E-state index contributed by atoms with van der Waals surface area (Å²) in [4.78, 5) is 21.9. The molecule has 1 atom stereocenters. The van der Waals surface area contributed by atoms with Crippen LogP contribution < -0.4 is 10.6 Å². The van der Waals surface area contributed by atoms with E-state index < -0.39 is 10.8 Å². The average molecular weight is 281 g/mol. The third kappa shape index (κ3) is 4.63. The van der Waals surface area contributed by atoms with Crippen LogP contribution in [0, 0.1) is 10.1 Å². The highest BCUT2D eigenvalue weighted by atomic mass is 32.1. The number of carbonyl (C=O) groups excluding carboxylic acids is 1. The Morgan fingerprint density at radius 2 is 2.21 bits per heavy atom. The summed E-state index contributed by atoms with van der Waals surface area (Å²) in [6, 6.07) is 5.64. The number of nitro benzene ring substituents is 1. The minimum atomic E-state index is -0.549. The number of nitro groups is 1. The molecule has 6 nitrogen and oxygen atoms in total. The Balaban J connectivity index is 2.70. The van der Waals surface area contributed by atoms with Crippen LogP contribution in [0.25, 0.3) is 0 Å². The first-order valence-corrected chi connectivity index (χ1v) is 6.21. The van der Waals surface area contributed by atoms with Crippen molar-refractivity contribution in [2.24, 2.45) is 0 Å². The fraction of sp³-hybridized carbons (Fsp3) is 0.333. The van der Waals surface area contributed by atoms with Crippen molar-refractivity contribution in [3.8, 4) is 0 Å². The van der Waals surface area contributed by atoms with Crippen LogP contribution in [0.2, 0.25) is 0 Å². The monoisotopic (exact) mass is 281 g/mol. The van der Waals surface area contributed by atoms with E-state index in [1.807, 2.05) is 13.8 Å². The molecule has 0 aliphatic heterocycles. The fourth-order valence-corrected chi connectivity index (χ4v) is 1.59. The lowest BCUT2D eigenvalue weighted by atomic mass is 10.2. The zero-order valence-electron chi connectivity index (χ0n) is 10.7. The fourth-order valence-electron chi connectivity index (χ4n) is 1.30. The Hall–Kier alpha value is -2.02. The van der Waals surface area contributed by atoms with Gasteiger partial charge in [0.2, 0.25) is 0 Å². The smallest absolute Gasteiger partial charge is 0.270 e. The number of nitrogens with one attached hydrogen (secondary N) is 2. The second kappa shape index (κ2) is 6.79. The maximum absolute atomic E-state index is 11.8. The Morgan fingerprint density at radius 1 is 1.53 bits per heavy atom. The SMILES string of the molecule is CCC(C)NC(=S)NC(=O)c1cccc([N+](=O)[O-])c1. The molecule has 102 valence electrons. The van der Waals surface area contributed by atoms with Crippen molar-refractivity contribution in [1.82, 2.24) is 10.6 Å². The molecule has 0 saturated heterocycles. The lowest BCUT2D eigenvalue weighted by Crippen LogP contribution is -2.43. The molecule has 0 aromatic heterocycles. The van der Waals surface area contributed by atoms with E-state index in [1.54, 1.807) is 0 Å². The molecule has 0 radical (unpaired) electrons. The summed E-state index contributed by atoms with van der Waals surface area (Å²) in [6.45, 7) is 3.93. The number of carbonyl (C=O) groups is 1. The molecule has 0 fully saturated rings. The first-order chi connectivity index (χ1) is 8.93. The molecule has 0 saturated carbocycles. The summed E-state index contributed by atoms with van der Waals surface area (Å²) in [6.07, 6.45) is 0.868. The number of nitrogens with zero attached hydrogens (tertiary/aromatic N) is 1. The molecular formula is C12H15N3O3S. The van der Waals surface area contributed by atoms with Crippen molar-refractivity contribution in [2.45, 2.75) is 26.3 Å². The van der Waals surface area contributed by atoms with Crippen LogP contribution in [0.3, 0.4) is 0 Å². The van der Waals surface area contributed by atoms with Gasteiger partial charge in [-0.3, -0.25) is 20.2 Å². The molecule has 1 aromatic carbocycles. The highest BCUT2D eigenvalue weighted by molar-refractivity contribution is 7.80. The van der Waals surface area contributed by atoms with Crippen molar-refractivity contribution in [3.63, 3.8) is 0 Å². The third-order valence-corrected chi connectivity index (χ3v) is 2.76. The maximum Gasteiger partial charge on any atom is 0.270 e. The highest BCUT2D eigenvalue weighted by Gasteiger charge is 2.13. The van der Waals surface area contributed by atoms with Crippen molar-refractivity contribution >= 4 is 28.9 Å². The molecule has 1 unspecified atom stereocenters. The zero-order valence-corrected chi connectivity index (χ0v) is 11.5. The predicted molar refractivity (Wildman–Crippen MR) is 76.0 cm³/mol. The molecule has 1 rings (SSSR count). The summed E-state index contributed by atoms with van der Waals surface area (Å²) in [5.41, 5.74) is 0.0657. The van der Waals surface area contributed by atoms with E-state index in [9.17, 15) is 14.9 Å². The van der Waals surface area contributed by atoms with Crippen molar-refractivity contribution in [2.75, 3.05) is 0 Å². The molecule has 1 aromatic rings. The molecule has 0 spiro atoms. The second-order valence-electron chi connectivity index (χ2n) is 4.04. The molecule has 2 N–H and O–H groups in total. The Kier molecular flexibility index (Phi) is 5.37. The van der Waals surface area contributed by atoms with Gasteiger partial charge in [0, 0.05) is 23.7 Å². The molecule has 0 aliphatic rings. The lowest BCUT2D eigenvalue weighted by molar-refractivity contribution is -0.384. The van der Waals surface area contributed by atoms with Gasteiger partial charge in [0.1, 0.15) is 0 Å². The van der Waals surface area contributed by atoms with Gasteiger partial charge < -0.3 is 5.32 Å². The maximum atomic E-state index is 11.8. The predicted octanol–water partition coefficient (Wildman–Crippen LogP) is 2.00. The largest absolute Gasteiger partial charge is 0.360 e. The number of hydrogen-bond acceptors (Lipinski definition) is 4. The van der Waals surface area contributed by atoms with Crippen LogP contribution >= 0.6 is 12.2 Å². The van der Waals surface area contributed by atoms with Gasteiger partial charge in [-0.15, -0.1) is 0 Å². The molecule has 0 heterocycles. The van der Waals surface area contributed by atoms with E-state index in [2.05, 4.69) is 10.6 Å². The number of rotatable bonds is 4. The van der Waals surface area contributed by atoms with Crippen molar-refractivity contribution < 1.29 is 9.72 Å². The van der Waals surface area contributed by atoms with Crippen LogP contribution in [-0.4, -0.2) is 22.0 Å². The van der Waals surface area contributed by atoms with E-state index in [4.69, 9.17) is 12.2 Å². The first kappa shape index (κ1) is 15.0. The minimum Gasteiger partial charge on any atom is -0.360 e. The van der Waals surface area contributed by atoms with Gasteiger partial charge >= 0.3 is 0 Å². The van der Waals surface area contributed by atoms with Gasteiger partial charge in [-0.2, -0.15) is 0 Å². The number of non-ortho nitro benzene ring substituents is 1. The van der Waals surface area contributed by atoms with Crippen molar-refractivity contribution in [1.29, 1.82) is 0 Å². The zero-order chi connectivity index (χ0) is 14.4. The molecule has 7 heteroatoms. The van der Waals surface area contributed by atoms with Gasteiger partial charge in [0.05, 0.1) is 4.92 Å². The number of benzene rings is 1. The summed E-state index contributed by atoms with van der Waals surface area (Å²) >= 11 is 4.98. The van der Waals surface area contributed by atoms with Gasteiger partial charge in [0.15, 0.2) is 5.11 Å². The van der Waals surface area contributed by atoms with E-state index in [0.29, 0.717) is 0 Å². The summed E-state index contributed by atoms with van der Waals surface area (Å²) < 4.78 is 0. The topological polar surface area (TPSA) is 84.3 Å². The Bertz CT molecular complexity index is 505. The van der Waals surface area contributed by atoms with Crippen LogP contribution in [0.5, 0.6) is 0 Å². The molecule has 1 amide bonds. The van der Waals surface area contributed by atoms with Crippen molar-refractivity contribution in [3.05, 3.63) is 39.9 Å². The normalized spacial score (nSPS) is 11.5. The Labute approximate surface area is 116 Å². The summed E-state index contributed by atoms with van der Waals surface area (Å²) in [7, 11) is 0. The van der Waals surface area contributed by atoms with E-state index in [0.717, 1.165) is 6.42 Å². The molecule has 0 aliphatic carbocycles. The Morgan fingerprint density at radius 3 is 2.79 bits per heavy atom. The van der Waals surface area contributed by atoms with E-state index in [-0.39, 0.29) is 22.4 Å². The van der Waals surface area contributed by atoms with Crippen LogP contribution in [0.4, 0.5) is 5.69 Å². The third-order valence-electron chi connectivity index (χ3n) is 2.54. The number of hydrogen-bond donors (Lipinski definition) is 2. The van der Waals surface area contributed by atoms with Crippen LogP contribution in [0.15, 0.2) is 24.3 Å². The number of thiocarbonyl (C=S) groups is 1.